The van der Waals surface area contributed by atoms with Crippen LogP contribution in [-0.2, 0) is 0 Å². The summed E-state index contributed by atoms with van der Waals surface area (Å²) >= 11 is 0. The van der Waals surface area contributed by atoms with E-state index in [0.717, 1.165) is 11.3 Å². The number of carbonyl (C=O) groups excluding carboxylic acids is 1. The predicted molar refractivity (Wildman–Crippen MR) is 87.9 cm³/mol. The van der Waals surface area contributed by atoms with Crippen molar-refractivity contribution in [3.63, 3.8) is 0 Å². The van der Waals surface area contributed by atoms with Gasteiger partial charge in [-0.2, -0.15) is 5.26 Å². The smallest absolute Gasteiger partial charge is 0.163 e. The van der Waals surface area contributed by atoms with E-state index >= 15 is 0 Å². The topological polar surface area (TPSA) is 59.3 Å². The molecule has 2 aromatic rings. The summed E-state index contributed by atoms with van der Waals surface area (Å²) in [5.41, 5.74) is 2.26. The largest absolute Gasteiger partial charge is 0.493 e. The van der Waals surface area contributed by atoms with E-state index in [-0.39, 0.29) is 5.78 Å². The van der Waals surface area contributed by atoms with Crippen molar-refractivity contribution in [1.82, 2.24) is 0 Å². The first-order chi connectivity index (χ1) is 11.1. The van der Waals surface area contributed by atoms with Crippen molar-refractivity contribution >= 4 is 5.78 Å². The second-order valence-electron chi connectivity index (χ2n) is 5.24. The van der Waals surface area contributed by atoms with Crippen LogP contribution in [0.1, 0.15) is 34.8 Å². The Balaban J connectivity index is 1.80. The molecule has 0 spiro atoms. The lowest BCUT2D eigenvalue weighted by molar-refractivity contribution is 0.101. The number of benzene rings is 2. The fourth-order valence-corrected chi connectivity index (χ4v) is 2.10. The third kappa shape index (κ3) is 4.86. The number of hydrogen-bond donors (Lipinski definition) is 0. The highest BCUT2D eigenvalue weighted by Gasteiger charge is 2.08. The summed E-state index contributed by atoms with van der Waals surface area (Å²) in [6, 6.07) is 14.6. The van der Waals surface area contributed by atoms with Crippen molar-refractivity contribution < 1.29 is 14.3 Å². The van der Waals surface area contributed by atoms with Gasteiger partial charge in [0.1, 0.15) is 11.5 Å². The van der Waals surface area contributed by atoms with Gasteiger partial charge in [0.25, 0.3) is 0 Å². The third-order valence-electron chi connectivity index (χ3n) is 3.31. The Morgan fingerprint density at radius 2 is 1.78 bits per heavy atom. The van der Waals surface area contributed by atoms with Crippen molar-refractivity contribution in [2.75, 3.05) is 13.2 Å². The molecule has 0 heterocycles. The van der Waals surface area contributed by atoms with Gasteiger partial charge in [-0.15, -0.1) is 0 Å². The number of nitriles is 1. The van der Waals surface area contributed by atoms with E-state index in [9.17, 15) is 4.79 Å². The van der Waals surface area contributed by atoms with Crippen LogP contribution in [0.4, 0.5) is 0 Å². The van der Waals surface area contributed by atoms with Crippen LogP contribution in [-0.4, -0.2) is 19.0 Å². The van der Waals surface area contributed by atoms with Crippen LogP contribution in [0, 0.1) is 18.3 Å². The molecule has 0 saturated heterocycles. The molecule has 0 aliphatic carbocycles. The molecule has 0 atom stereocenters. The first-order valence-corrected chi connectivity index (χ1v) is 7.47. The second-order valence-corrected chi connectivity index (χ2v) is 5.24. The molecule has 0 unspecified atom stereocenters. The van der Waals surface area contributed by atoms with E-state index in [0.29, 0.717) is 36.5 Å². The Hall–Kier alpha value is -2.80. The summed E-state index contributed by atoms with van der Waals surface area (Å²) in [5, 5.41) is 8.73. The van der Waals surface area contributed by atoms with Crippen LogP contribution < -0.4 is 9.47 Å². The van der Waals surface area contributed by atoms with Gasteiger partial charge < -0.3 is 9.47 Å². The van der Waals surface area contributed by atoms with Gasteiger partial charge in [-0.3, -0.25) is 4.79 Å². The number of carbonyl (C=O) groups is 1. The van der Waals surface area contributed by atoms with Gasteiger partial charge in [0, 0.05) is 6.42 Å². The lowest BCUT2D eigenvalue weighted by atomic mass is 10.1. The summed E-state index contributed by atoms with van der Waals surface area (Å²) in [4.78, 5) is 11.6. The molecular weight excluding hydrogens is 290 g/mol. The highest BCUT2D eigenvalue weighted by Crippen LogP contribution is 2.21. The highest BCUT2D eigenvalue weighted by atomic mass is 16.5. The van der Waals surface area contributed by atoms with Gasteiger partial charge in [-0.1, -0.05) is 6.07 Å². The number of rotatable bonds is 7. The highest BCUT2D eigenvalue weighted by molar-refractivity contribution is 5.96. The van der Waals surface area contributed by atoms with Gasteiger partial charge in [-0.25, -0.2) is 0 Å². The van der Waals surface area contributed by atoms with Crippen LogP contribution >= 0.6 is 0 Å². The van der Waals surface area contributed by atoms with E-state index in [1.165, 1.54) is 6.92 Å². The summed E-state index contributed by atoms with van der Waals surface area (Å²) in [7, 11) is 0. The van der Waals surface area contributed by atoms with Crippen LogP contribution in [0.25, 0.3) is 0 Å². The first-order valence-electron chi connectivity index (χ1n) is 7.47. The molecular formula is C19H19NO3. The van der Waals surface area contributed by atoms with E-state index in [2.05, 4.69) is 6.07 Å². The number of hydrogen-bond acceptors (Lipinski definition) is 4. The average Bonchev–Trinajstić information content (AvgIpc) is 2.55. The van der Waals surface area contributed by atoms with Crippen LogP contribution in [0.3, 0.4) is 0 Å². The molecule has 0 amide bonds. The minimum absolute atomic E-state index is 0.00571. The monoisotopic (exact) mass is 309 g/mol. The Morgan fingerprint density at radius 1 is 1.09 bits per heavy atom. The maximum Gasteiger partial charge on any atom is 0.163 e. The van der Waals surface area contributed by atoms with E-state index in [4.69, 9.17) is 14.7 Å². The molecule has 0 aromatic heterocycles. The van der Waals surface area contributed by atoms with Gasteiger partial charge in [0.05, 0.1) is 30.4 Å². The summed E-state index contributed by atoms with van der Waals surface area (Å²) in [6.07, 6.45) is 0.700. The van der Waals surface area contributed by atoms with Crippen LogP contribution in [0.2, 0.25) is 0 Å². The van der Waals surface area contributed by atoms with Gasteiger partial charge in [0.2, 0.25) is 0 Å². The maximum atomic E-state index is 11.6. The average molecular weight is 309 g/mol. The molecule has 0 saturated carbocycles. The summed E-state index contributed by atoms with van der Waals surface area (Å²) in [6.45, 7) is 4.48. The number of aryl methyl sites for hydroxylation is 1. The van der Waals surface area contributed by atoms with Crippen molar-refractivity contribution in [1.29, 1.82) is 5.26 Å². The predicted octanol–water partition coefficient (Wildman–Crippen LogP) is 3.92. The van der Waals surface area contributed by atoms with Crippen LogP contribution in [0.15, 0.2) is 42.5 Å². The number of ketones is 1. The van der Waals surface area contributed by atoms with E-state index in [1.54, 1.807) is 30.3 Å². The van der Waals surface area contributed by atoms with Crippen molar-refractivity contribution in [3.8, 4) is 17.6 Å². The number of ether oxygens (including phenoxy) is 2. The minimum atomic E-state index is -0.00571. The molecule has 0 radical (unpaired) electrons. The van der Waals surface area contributed by atoms with Gasteiger partial charge in [-0.05, 0) is 55.8 Å². The van der Waals surface area contributed by atoms with E-state index < -0.39 is 0 Å². The molecule has 0 aliphatic rings. The fourth-order valence-electron chi connectivity index (χ4n) is 2.10. The Labute approximate surface area is 136 Å². The van der Waals surface area contributed by atoms with Gasteiger partial charge >= 0.3 is 0 Å². The molecule has 4 nitrogen and oxygen atoms in total. The van der Waals surface area contributed by atoms with Crippen LogP contribution in [0.5, 0.6) is 11.5 Å². The molecule has 23 heavy (non-hydrogen) atoms. The molecule has 118 valence electrons. The zero-order valence-electron chi connectivity index (χ0n) is 13.3. The fraction of sp³-hybridized carbons (Fsp3) is 0.263. The molecule has 0 bridgehead atoms. The Kier molecular flexibility index (Phi) is 5.76. The molecule has 4 heteroatoms. The molecule has 0 aliphatic heterocycles. The van der Waals surface area contributed by atoms with E-state index in [1.807, 2.05) is 19.1 Å². The minimum Gasteiger partial charge on any atom is -0.493 e. The first kappa shape index (κ1) is 16.6. The standard InChI is InChI=1S/C19H19NO3/c1-14-4-9-18(15(2)21)19(12-14)23-11-3-10-22-17-7-5-16(13-20)6-8-17/h4-9,12H,3,10-11H2,1-2H3. The number of nitrogens with zero attached hydrogens (tertiary/aromatic N) is 1. The molecule has 0 N–H and O–H groups in total. The lowest BCUT2D eigenvalue weighted by Crippen LogP contribution is -2.07. The zero-order chi connectivity index (χ0) is 16.7. The van der Waals surface area contributed by atoms with Gasteiger partial charge in [0.15, 0.2) is 5.78 Å². The Morgan fingerprint density at radius 3 is 2.43 bits per heavy atom. The van der Waals surface area contributed by atoms with Crippen molar-refractivity contribution in [2.45, 2.75) is 20.3 Å². The lowest BCUT2D eigenvalue weighted by Gasteiger charge is -2.11. The Bertz CT molecular complexity index is 714. The summed E-state index contributed by atoms with van der Waals surface area (Å²) in [5.74, 6) is 1.34. The van der Waals surface area contributed by atoms with Crippen molar-refractivity contribution in [2.24, 2.45) is 0 Å². The molecule has 2 rings (SSSR count). The zero-order valence-corrected chi connectivity index (χ0v) is 13.3. The molecule has 0 fully saturated rings. The third-order valence-corrected chi connectivity index (χ3v) is 3.31. The number of Topliss-reactive ketones (excluding diaryl/α,β-unsaturated/α-hetero) is 1. The van der Waals surface area contributed by atoms with Crippen molar-refractivity contribution in [3.05, 3.63) is 59.2 Å². The molecule has 2 aromatic carbocycles. The normalized spacial score (nSPS) is 9.96. The summed E-state index contributed by atoms with van der Waals surface area (Å²) < 4.78 is 11.3. The second kappa shape index (κ2) is 8.00. The maximum absolute atomic E-state index is 11.6. The SMILES string of the molecule is CC(=O)c1ccc(C)cc1OCCCOc1ccc(C#N)cc1. The quantitative estimate of drug-likeness (QED) is 0.574.